The molecule has 7 heteroatoms. The van der Waals surface area contributed by atoms with E-state index < -0.39 is 0 Å². The van der Waals surface area contributed by atoms with E-state index in [4.69, 9.17) is 23.2 Å². The normalized spacial score (nSPS) is 18.9. The van der Waals surface area contributed by atoms with E-state index in [0.717, 1.165) is 25.1 Å². The van der Waals surface area contributed by atoms with E-state index in [1.807, 2.05) is 11.0 Å². The molecule has 0 atom stereocenters. The van der Waals surface area contributed by atoms with Crippen molar-refractivity contribution in [2.75, 3.05) is 45.8 Å². The summed E-state index contributed by atoms with van der Waals surface area (Å²) in [6, 6.07) is 5.24. The Kier molecular flexibility index (Phi) is 7.77. The minimum atomic E-state index is -0.0854. The van der Waals surface area contributed by atoms with E-state index >= 15 is 0 Å². The number of amides is 2. The van der Waals surface area contributed by atoms with Crippen molar-refractivity contribution >= 4 is 41.1 Å². The van der Waals surface area contributed by atoms with Crippen LogP contribution in [0.25, 0.3) is 6.08 Å². The van der Waals surface area contributed by atoms with Gasteiger partial charge in [-0.2, -0.15) is 0 Å². The van der Waals surface area contributed by atoms with E-state index in [-0.39, 0.29) is 11.8 Å². The molecule has 152 valence electrons. The predicted octanol–water partition coefficient (Wildman–Crippen LogP) is 3.55. The van der Waals surface area contributed by atoms with Gasteiger partial charge in [-0.1, -0.05) is 29.3 Å². The zero-order valence-corrected chi connectivity index (χ0v) is 17.6. The fourth-order valence-corrected chi connectivity index (χ4v) is 4.01. The fraction of sp³-hybridized carbons (Fsp3) is 0.524. The summed E-state index contributed by atoms with van der Waals surface area (Å²) in [5.74, 6) is 0.0583. The number of carbonyl (C=O) groups excluding carboxylic acids is 2. The third kappa shape index (κ3) is 5.97. The van der Waals surface area contributed by atoms with Crippen LogP contribution in [0.3, 0.4) is 0 Å². The number of hydrogen-bond acceptors (Lipinski definition) is 3. The largest absolute Gasteiger partial charge is 0.341 e. The molecule has 1 aromatic rings. The molecule has 0 saturated carbocycles. The minimum absolute atomic E-state index is 0.0854. The Balaban J connectivity index is 1.48. The molecule has 2 fully saturated rings. The number of halogens is 2. The quantitative estimate of drug-likeness (QED) is 0.656. The van der Waals surface area contributed by atoms with Crippen LogP contribution in [0.2, 0.25) is 10.0 Å². The molecule has 0 aliphatic carbocycles. The molecular weight excluding hydrogens is 397 g/mol. The zero-order valence-electron chi connectivity index (χ0n) is 16.1. The Bertz CT molecular complexity index is 732. The highest BCUT2D eigenvalue weighted by molar-refractivity contribution is 6.42. The molecule has 0 spiro atoms. The molecule has 0 radical (unpaired) electrons. The van der Waals surface area contributed by atoms with Crippen molar-refractivity contribution in [3.63, 3.8) is 0 Å². The molecule has 0 unspecified atom stereocenters. The SMILES string of the molecule is O=C(C=Cc1ccc(Cl)c(Cl)c1)N1CCC(=O)N(CCCN2CCCC2)CC1. The Hall–Kier alpha value is -1.56. The first-order chi connectivity index (χ1) is 13.5. The molecule has 2 saturated heterocycles. The number of benzene rings is 1. The minimum Gasteiger partial charge on any atom is -0.341 e. The Morgan fingerprint density at radius 1 is 1.00 bits per heavy atom. The molecule has 0 N–H and O–H groups in total. The first kappa shape index (κ1) is 21.2. The van der Waals surface area contributed by atoms with Crippen LogP contribution >= 0.6 is 23.2 Å². The van der Waals surface area contributed by atoms with Gasteiger partial charge in [-0.3, -0.25) is 9.59 Å². The van der Waals surface area contributed by atoms with Crippen LogP contribution in [0.4, 0.5) is 0 Å². The van der Waals surface area contributed by atoms with Crippen LogP contribution in [0, 0.1) is 0 Å². The Morgan fingerprint density at radius 3 is 2.54 bits per heavy atom. The summed E-state index contributed by atoms with van der Waals surface area (Å²) < 4.78 is 0. The molecule has 2 heterocycles. The van der Waals surface area contributed by atoms with Gasteiger partial charge in [-0.15, -0.1) is 0 Å². The third-order valence-corrected chi connectivity index (χ3v) is 6.10. The molecule has 1 aromatic carbocycles. The fourth-order valence-electron chi connectivity index (χ4n) is 3.70. The van der Waals surface area contributed by atoms with Gasteiger partial charge in [0, 0.05) is 38.7 Å². The van der Waals surface area contributed by atoms with Crippen molar-refractivity contribution < 1.29 is 9.59 Å². The van der Waals surface area contributed by atoms with Crippen LogP contribution in [0.5, 0.6) is 0 Å². The van der Waals surface area contributed by atoms with Gasteiger partial charge in [-0.25, -0.2) is 0 Å². The maximum Gasteiger partial charge on any atom is 0.246 e. The number of rotatable bonds is 6. The molecule has 2 amide bonds. The van der Waals surface area contributed by atoms with Crippen molar-refractivity contribution in [1.29, 1.82) is 0 Å². The lowest BCUT2D eigenvalue weighted by Gasteiger charge is -2.23. The zero-order chi connectivity index (χ0) is 19.9. The molecule has 2 aliphatic rings. The van der Waals surface area contributed by atoms with Crippen molar-refractivity contribution in [3.8, 4) is 0 Å². The molecule has 0 aromatic heterocycles. The van der Waals surface area contributed by atoms with E-state index in [2.05, 4.69) is 4.90 Å². The van der Waals surface area contributed by atoms with Gasteiger partial charge in [0.1, 0.15) is 0 Å². The summed E-state index contributed by atoms with van der Waals surface area (Å²) >= 11 is 11.9. The van der Waals surface area contributed by atoms with Crippen molar-refractivity contribution in [2.45, 2.75) is 25.7 Å². The average molecular weight is 424 g/mol. The lowest BCUT2D eigenvalue weighted by atomic mass is 10.2. The lowest BCUT2D eigenvalue weighted by molar-refractivity contribution is -0.130. The summed E-state index contributed by atoms with van der Waals surface area (Å²) in [5, 5.41) is 0.946. The van der Waals surface area contributed by atoms with Crippen LogP contribution in [-0.4, -0.2) is 72.3 Å². The number of carbonyl (C=O) groups is 2. The molecule has 28 heavy (non-hydrogen) atoms. The van der Waals surface area contributed by atoms with Crippen molar-refractivity contribution in [1.82, 2.24) is 14.7 Å². The van der Waals surface area contributed by atoms with E-state index in [9.17, 15) is 9.59 Å². The predicted molar refractivity (Wildman–Crippen MR) is 114 cm³/mol. The van der Waals surface area contributed by atoms with Gasteiger partial charge in [0.05, 0.1) is 10.0 Å². The summed E-state index contributed by atoms with van der Waals surface area (Å²) in [5.41, 5.74) is 0.817. The molecule has 3 rings (SSSR count). The Labute approximate surface area is 176 Å². The topological polar surface area (TPSA) is 43.9 Å². The highest BCUT2D eigenvalue weighted by atomic mass is 35.5. The number of hydrogen-bond donors (Lipinski definition) is 0. The van der Waals surface area contributed by atoms with E-state index in [1.54, 1.807) is 23.1 Å². The summed E-state index contributed by atoms with van der Waals surface area (Å²) in [6.07, 6.45) is 7.22. The highest BCUT2D eigenvalue weighted by Gasteiger charge is 2.22. The molecule has 0 bridgehead atoms. The van der Waals surface area contributed by atoms with Crippen LogP contribution in [0.15, 0.2) is 24.3 Å². The maximum absolute atomic E-state index is 12.5. The Morgan fingerprint density at radius 2 is 1.79 bits per heavy atom. The van der Waals surface area contributed by atoms with Gasteiger partial charge in [0.2, 0.25) is 11.8 Å². The smallest absolute Gasteiger partial charge is 0.246 e. The monoisotopic (exact) mass is 423 g/mol. The second-order valence-electron chi connectivity index (χ2n) is 7.37. The van der Waals surface area contributed by atoms with Crippen LogP contribution in [0.1, 0.15) is 31.2 Å². The first-order valence-electron chi connectivity index (χ1n) is 9.95. The van der Waals surface area contributed by atoms with Crippen molar-refractivity contribution in [2.24, 2.45) is 0 Å². The molecule has 2 aliphatic heterocycles. The number of likely N-dealkylation sites (tertiary alicyclic amines) is 1. The van der Waals surface area contributed by atoms with Crippen LogP contribution < -0.4 is 0 Å². The second-order valence-corrected chi connectivity index (χ2v) is 8.18. The highest BCUT2D eigenvalue weighted by Crippen LogP contribution is 2.23. The molecule has 5 nitrogen and oxygen atoms in total. The van der Waals surface area contributed by atoms with Crippen molar-refractivity contribution in [3.05, 3.63) is 39.9 Å². The third-order valence-electron chi connectivity index (χ3n) is 5.36. The lowest BCUT2D eigenvalue weighted by Crippen LogP contribution is -2.36. The summed E-state index contributed by atoms with van der Waals surface area (Å²) in [7, 11) is 0. The van der Waals surface area contributed by atoms with E-state index in [0.29, 0.717) is 36.1 Å². The second kappa shape index (κ2) is 10.3. The van der Waals surface area contributed by atoms with Gasteiger partial charge < -0.3 is 14.7 Å². The molecular formula is C21H27Cl2N3O2. The first-order valence-corrected chi connectivity index (χ1v) is 10.7. The van der Waals surface area contributed by atoms with Gasteiger partial charge in [0.25, 0.3) is 0 Å². The number of nitrogens with zero attached hydrogens (tertiary/aromatic N) is 3. The summed E-state index contributed by atoms with van der Waals surface area (Å²) in [6.45, 7) is 5.83. The maximum atomic E-state index is 12.5. The standard InChI is InChI=1S/C21H27Cl2N3O2/c22-18-6-4-17(16-19(18)23)5-7-20(27)26-13-8-21(28)25(14-15-26)12-3-11-24-9-1-2-10-24/h4-7,16H,1-3,8-15H2. The summed E-state index contributed by atoms with van der Waals surface area (Å²) in [4.78, 5) is 31.0. The van der Waals surface area contributed by atoms with Crippen LogP contribution in [-0.2, 0) is 9.59 Å². The average Bonchev–Trinajstić information content (AvgIpc) is 3.13. The van der Waals surface area contributed by atoms with Gasteiger partial charge >= 0.3 is 0 Å². The van der Waals surface area contributed by atoms with Gasteiger partial charge in [0.15, 0.2) is 0 Å². The van der Waals surface area contributed by atoms with E-state index in [1.165, 1.54) is 32.0 Å². The van der Waals surface area contributed by atoms with Gasteiger partial charge in [-0.05, 0) is 62.7 Å².